The number of para-hydroxylation sites is 1. The summed E-state index contributed by atoms with van der Waals surface area (Å²) in [4.78, 5) is 11.8. The van der Waals surface area contributed by atoms with Crippen molar-refractivity contribution in [2.75, 3.05) is 13.2 Å². The number of phenols is 1. The summed E-state index contributed by atoms with van der Waals surface area (Å²) in [6.45, 7) is 4.06. The number of carbonyl (C=O) groups excluding carboxylic acids is 1. The fourth-order valence-electron chi connectivity index (χ4n) is 2.01. The van der Waals surface area contributed by atoms with E-state index < -0.39 is 0 Å². The molecule has 7 heteroatoms. The Morgan fingerprint density at radius 1 is 1.28 bits per heavy atom. The van der Waals surface area contributed by atoms with Crippen LogP contribution in [0.5, 0.6) is 17.2 Å². The van der Waals surface area contributed by atoms with Crippen LogP contribution < -0.4 is 14.9 Å². The third-order valence-corrected chi connectivity index (χ3v) is 4.03. The second-order valence-electron chi connectivity index (χ2n) is 5.13. The van der Waals surface area contributed by atoms with Crippen molar-refractivity contribution in [3.05, 3.63) is 51.1 Å². The number of amides is 1. The van der Waals surface area contributed by atoms with Crippen molar-refractivity contribution in [1.29, 1.82) is 0 Å². The number of nitrogens with zero attached hydrogens (tertiary/aromatic N) is 1. The molecule has 0 aliphatic rings. The van der Waals surface area contributed by atoms with Crippen LogP contribution in [-0.4, -0.2) is 30.4 Å². The van der Waals surface area contributed by atoms with Gasteiger partial charge in [-0.05, 0) is 65.8 Å². The summed E-state index contributed by atoms with van der Waals surface area (Å²) in [6.07, 6.45) is 1.48. The number of phenolic OH excluding ortho intramolecular Hbond substituents is 1. The molecule has 0 radical (unpaired) electrons. The lowest BCUT2D eigenvalue weighted by Gasteiger charge is -2.08. The Bertz CT molecular complexity index is 778. The number of aromatic hydroxyl groups is 1. The van der Waals surface area contributed by atoms with Gasteiger partial charge in [0, 0.05) is 0 Å². The molecule has 0 aromatic heterocycles. The largest absolute Gasteiger partial charge is 0.504 e. The zero-order valence-corrected chi connectivity index (χ0v) is 16.1. The third-order valence-electron chi connectivity index (χ3n) is 3.21. The lowest BCUT2D eigenvalue weighted by atomic mass is 10.2. The average molecular weight is 454 g/mol. The smallest absolute Gasteiger partial charge is 0.277 e. The van der Waals surface area contributed by atoms with Crippen LogP contribution in [0, 0.1) is 10.5 Å². The normalized spacial score (nSPS) is 10.7. The molecule has 0 saturated carbocycles. The molecule has 0 aliphatic carbocycles. The Balaban J connectivity index is 1.92. The van der Waals surface area contributed by atoms with Crippen LogP contribution in [-0.2, 0) is 4.79 Å². The monoisotopic (exact) mass is 454 g/mol. The van der Waals surface area contributed by atoms with Crippen LogP contribution in [0.4, 0.5) is 0 Å². The maximum absolute atomic E-state index is 11.8. The van der Waals surface area contributed by atoms with Crippen molar-refractivity contribution >= 4 is 34.7 Å². The van der Waals surface area contributed by atoms with Crippen molar-refractivity contribution in [2.24, 2.45) is 5.10 Å². The predicted molar refractivity (Wildman–Crippen MR) is 104 cm³/mol. The summed E-state index contributed by atoms with van der Waals surface area (Å²) >= 11 is 2.00. The second kappa shape index (κ2) is 9.26. The van der Waals surface area contributed by atoms with Crippen LogP contribution in [0.2, 0.25) is 0 Å². The summed E-state index contributed by atoms with van der Waals surface area (Å²) in [5.41, 5.74) is 4.07. The van der Waals surface area contributed by atoms with Gasteiger partial charge < -0.3 is 14.6 Å². The molecule has 0 heterocycles. The minimum atomic E-state index is -0.363. The van der Waals surface area contributed by atoms with Gasteiger partial charge in [0.05, 0.1) is 16.4 Å². The highest BCUT2D eigenvalue weighted by molar-refractivity contribution is 14.1. The molecule has 0 saturated heterocycles. The number of benzene rings is 2. The van der Waals surface area contributed by atoms with Crippen LogP contribution >= 0.6 is 22.6 Å². The summed E-state index contributed by atoms with van der Waals surface area (Å²) in [6, 6.07) is 10.9. The predicted octanol–water partition coefficient (Wildman–Crippen LogP) is 3.23. The van der Waals surface area contributed by atoms with E-state index in [1.807, 2.05) is 54.6 Å². The maximum Gasteiger partial charge on any atom is 0.277 e. The number of carbonyl (C=O) groups is 1. The molecule has 1 amide bonds. The van der Waals surface area contributed by atoms with E-state index in [4.69, 9.17) is 9.47 Å². The van der Waals surface area contributed by atoms with Gasteiger partial charge in [0.15, 0.2) is 18.1 Å². The molecule has 0 fully saturated rings. The van der Waals surface area contributed by atoms with E-state index in [0.717, 1.165) is 5.56 Å². The number of aryl methyl sites for hydroxylation is 1. The first-order chi connectivity index (χ1) is 12.0. The number of hydrazone groups is 1. The molecule has 0 unspecified atom stereocenters. The van der Waals surface area contributed by atoms with Gasteiger partial charge >= 0.3 is 0 Å². The van der Waals surface area contributed by atoms with Crippen molar-refractivity contribution in [2.45, 2.75) is 13.8 Å². The minimum absolute atomic E-state index is 0.0928. The Morgan fingerprint density at radius 3 is 2.76 bits per heavy atom. The van der Waals surface area contributed by atoms with Crippen LogP contribution in [0.1, 0.15) is 18.1 Å². The number of ether oxygens (including phenoxy) is 2. The zero-order valence-electron chi connectivity index (χ0n) is 14.0. The van der Waals surface area contributed by atoms with Gasteiger partial charge in [-0.15, -0.1) is 0 Å². The Morgan fingerprint density at radius 2 is 2.04 bits per heavy atom. The van der Waals surface area contributed by atoms with E-state index in [1.54, 1.807) is 18.2 Å². The summed E-state index contributed by atoms with van der Waals surface area (Å²) in [5, 5.41) is 13.8. The molecular formula is C18H19IN2O4. The number of hydrogen-bond donors (Lipinski definition) is 2. The zero-order chi connectivity index (χ0) is 18.2. The molecule has 0 aliphatic heterocycles. The third kappa shape index (κ3) is 5.63. The van der Waals surface area contributed by atoms with Crippen molar-refractivity contribution < 1.29 is 19.4 Å². The molecule has 132 valence electrons. The molecule has 2 aromatic rings. The Hall–Kier alpha value is -2.29. The first-order valence-corrected chi connectivity index (χ1v) is 8.74. The number of halogens is 1. The highest BCUT2D eigenvalue weighted by Crippen LogP contribution is 2.32. The fourth-order valence-corrected chi connectivity index (χ4v) is 2.63. The molecular weight excluding hydrogens is 435 g/mol. The molecule has 2 rings (SSSR count). The molecule has 2 aromatic carbocycles. The van der Waals surface area contributed by atoms with Gasteiger partial charge in [-0.1, -0.05) is 18.2 Å². The average Bonchev–Trinajstić information content (AvgIpc) is 2.58. The van der Waals surface area contributed by atoms with Crippen molar-refractivity contribution in [3.8, 4) is 17.2 Å². The lowest BCUT2D eigenvalue weighted by molar-refractivity contribution is -0.123. The Kier molecular flexibility index (Phi) is 7.05. The highest BCUT2D eigenvalue weighted by atomic mass is 127. The van der Waals surface area contributed by atoms with E-state index in [0.29, 0.717) is 27.2 Å². The van der Waals surface area contributed by atoms with E-state index in [2.05, 4.69) is 10.5 Å². The van der Waals surface area contributed by atoms with Gasteiger partial charge in [-0.2, -0.15) is 5.10 Å². The maximum atomic E-state index is 11.8. The van der Waals surface area contributed by atoms with Crippen molar-refractivity contribution in [1.82, 2.24) is 5.43 Å². The topological polar surface area (TPSA) is 80.2 Å². The highest BCUT2D eigenvalue weighted by Gasteiger charge is 2.08. The summed E-state index contributed by atoms with van der Waals surface area (Å²) in [5.74, 6) is 0.773. The van der Waals surface area contributed by atoms with E-state index in [-0.39, 0.29) is 18.3 Å². The summed E-state index contributed by atoms with van der Waals surface area (Å²) < 4.78 is 11.4. The standard InChI is InChI=1S/C18H19IN2O4/c1-3-24-16-9-13(8-14(19)18(16)23)10-20-21-17(22)11-25-15-7-5-4-6-12(15)2/h4-10,23H,3,11H2,1-2H3,(H,21,22)/b20-10+. The SMILES string of the molecule is CCOc1cc(/C=N/NC(=O)COc2ccccc2C)cc(I)c1O. The van der Waals surface area contributed by atoms with Crippen LogP contribution in [0.15, 0.2) is 41.5 Å². The first kappa shape index (κ1) is 19.0. The molecule has 25 heavy (non-hydrogen) atoms. The molecule has 0 atom stereocenters. The van der Waals surface area contributed by atoms with Gasteiger partial charge in [0.2, 0.25) is 0 Å². The van der Waals surface area contributed by atoms with Crippen molar-refractivity contribution in [3.63, 3.8) is 0 Å². The Labute approximate surface area is 160 Å². The molecule has 0 bridgehead atoms. The molecule has 2 N–H and O–H groups in total. The number of nitrogens with one attached hydrogen (secondary N) is 1. The van der Waals surface area contributed by atoms with Gasteiger partial charge in [-0.3, -0.25) is 4.79 Å². The van der Waals surface area contributed by atoms with Crippen LogP contribution in [0.3, 0.4) is 0 Å². The fraction of sp³-hybridized carbons (Fsp3) is 0.222. The van der Waals surface area contributed by atoms with Crippen LogP contribution in [0.25, 0.3) is 0 Å². The minimum Gasteiger partial charge on any atom is -0.504 e. The van der Waals surface area contributed by atoms with Gasteiger partial charge in [0.1, 0.15) is 5.75 Å². The van der Waals surface area contributed by atoms with E-state index in [9.17, 15) is 9.90 Å². The second-order valence-corrected chi connectivity index (χ2v) is 6.29. The van der Waals surface area contributed by atoms with Gasteiger partial charge in [-0.25, -0.2) is 5.43 Å². The van der Waals surface area contributed by atoms with E-state index >= 15 is 0 Å². The number of rotatable bonds is 7. The lowest BCUT2D eigenvalue weighted by Crippen LogP contribution is -2.24. The molecule has 6 nitrogen and oxygen atoms in total. The summed E-state index contributed by atoms with van der Waals surface area (Å²) in [7, 11) is 0. The molecule has 0 spiro atoms. The first-order valence-electron chi connectivity index (χ1n) is 7.67. The quantitative estimate of drug-likeness (QED) is 0.383. The number of hydrogen-bond acceptors (Lipinski definition) is 5. The van der Waals surface area contributed by atoms with Gasteiger partial charge in [0.25, 0.3) is 5.91 Å². The van der Waals surface area contributed by atoms with E-state index in [1.165, 1.54) is 6.21 Å².